The van der Waals surface area contributed by atoms with E-state index in [2.05, 4.69) is 19.2 Å². The number of hydrogen-bond donors (Lipinski definition) is 1. The van der Waals surface area contributed by atoms with Crippen LogP contribution in [-0.4, -0.2) is 31.0 Å². The Bertz CT molecular complexity index is 692. The van der Waals surface area contributed by atoms with Gasteiger partial charge in [0.25, 0.3) is 11.8 Å². The van der Waals surface area contributed by atoms with Crippen molar-refractivity contribution in [3.05, 3.63) is 52.4 Å². The summed E-state index contributed by atoms with van der Waals surface area (Å²) in [4.78, 5) is 29.4. The minimum atomic E-state index is -0.306. The smallest absolute Gasteiger partial charge is 0.280 e. The first-order valence-corrected chi connectivity index (χ1v) is 8.13. The van der Waals surface area contributed by atoms with E-state index in [1.165, 1.54) is 31.1 Å². The molecular weight excluding hydrogens is 312 g/mol. The number of benzene rings is 1. The summed E-state index contributed by atoms with van der Waals surface area (Å²) in [6.45, 7) is 4.20. The van der Waals surface area contributed by atoms with Crippen molar-refractivity contribution in [3.8, 4) is 0 Å². The normalized spacial score (nSPS) is 10.7. The highest BCUT2D eigenvalue weighted by molar-refractivity contribution is 7.14. The van der Waals surface area contributed by atoms with E-state index in [-0.39, 0.29) is 11.8 Å². The van der Waals surface area contributed by atoms with Gasteiger partial charge in [-0.1, -0.05) is 26.0 Å². The lowest BCUT2D eigenvalue weighted by molar-refractivity contribution is -0.0756. The fourth-order valence-electron chi connectivity index (χ4n) is 2.02. The first-order chi connectivity index (χ1) is 10.9. The first kappa shape index (κ1) is 17.2. The van der Waals surface area contributed by atoms with Crippen LogP contribution >= 0.6 is 11.3 Å². The van der Waals surface area contributed by atoms with E-state index in [0.717, 1.165) is 5.06 Å². The van der Waals surface area contributed by atoms with Crippen LogP contribution < -0.4 is 5.32 Å². The molecule has 0 radical (unpaired) electrons. The molecule has 2 rings (SSSR count). The third-order valence-electron chi connectivity index (χ3n) is 3.52. The van der Waals surface area contributed by atoms with E-state index in [1.54, 1.807) is 23.6 Å². The number of rotatable bonds is 5. The molecule has 0 aliphatic heterocycles. The van der Waals surface area contributed by atoms with Gasteiger partial charge in [-0.3, -0.25) is 14.4 Å². The number of nitrogens with one attached hydrogen (secondary N) is 1. The summed E-state index contributed by atoms with van der Waals surface area (Å²) in [5, 5.41) is 6.18. The summed E-state index contributed by atoms with van der Waals surface area (Å²) in [6.07, 6.45) is 0. The van der Waals surface area contributed by atoms with E-state index in [4.69, 9.17) is 4.84 Å². The average molecular weight is 332 g/mol. The van der Waals surface area contributed by atoms with Crippen molar-refractivity contribution >= 4 is 28.2 Å². The van der Waals surface area contributed by atoms with Gasteiger partial charge in [-0.05, 0) is 35.1 Å². The van der Waals surface area contributed by atoms with Crippen LogP contribution in [0.1, 0.15) is 46.0 Å². The molecule has 1 aromatic carbocycles. The second-order valence-corrected chi connectivity index (χ2v) is 6.30. The Kier molecular flexibility index (Phi) is 5.52. The predicted molar refractivity (Wildman–Crippen MR) is 91.9 cm³/mol. The molecule has 0 spiro atoms. The lowest BCUT2D eigenvalue weighted by atomic mass is 10.0. The summed E-state index contributed by atoms with van der Waals surface area (Å²) in [7, 11) is 2.94. The van der Waals surface area contributed by atoms with Crippen LogP contribution in [0.2, 0.25) is 0 Å². The van der Waals surface area contributed by atoms with Crippen LogP contribution in [-0.2, 0) is 4.84 Å². The van der Waals surface area contributed by atoms with Gasteiger partial charge in [0.15, 0.2) is 0 Å². The molecule has 2 amide bonds. The largest absolute Gasteiger partial charge is 0.313 e. The highest BCUT2D eigenvalue weighted by Gasteiger charge is 2.19. The fraction of sp³-hybridized carbons (Fsp3) is 0.294. The fourth-order valence-corrected chi connectivity index (χ4v) is 2.80. The molecule has 0 unspecified atom stereocenters. The predicted octanol–water partition coefficient (Wildman–Crippen LogP) is 3.76. The van der Waals surface area contributed by atoms with Crippen molar-refractivity contribution in [1.29, 1.82) is 0 Å². The van der Waals surface area contributed by atoms with E-state index < -0.39 is 0 Å². The average Bonchev–Trinajstić information content (AvgIpc) is 3.01. The number of nitrogens with zero attached hydrogens (tertiary/aromatic N) is 1. The Hall–Kier alpha value is -2.18. The molecule has 0 saturated carbocycles. The molecule has 0 atom stereocenters. The summed E-state index contributed by atoms with van der Waals surface area (Å²) in [6, 6.07) is 9.14. The van der Waals surface area contributed by atoms with E-state index in [9.17, 15) is 9.59 Å². The van der Waals surface area contributed by atoms with Crippen molar-refractivity contribution in [2.45, 2.75) is 19.8 Å². The maximum absolute atomic E-state index is 12.3. The summed E-state index contributed by atoms with van der Waals surface area (Å²) < 4.78 is 0. The Morgan fingerprint density at radius 1 is 1.17 bits per heavy atom. The third kappa shape index (κ3) is 3.97. The Balaban J connectivity index is 2.15. The van der Waals surface area contributed by atoms with Gasteiger partial charge in [-0.25, -0.2) is 5.06 Å². The van der Waals surface area contributed by atoms with Crippen LogP contribution in [0.5, 0.6) is 0 Å². The third-order valence-corrected chi connectivity index (χ3v) is 4.35. The Labute approximate surface area is 139 Å². The number of anilines is 1. The zero-order valence-electron chi connectivity index (χ0n) is 13.6. The van der Waals surface area contributed by atoms with Crippen molar-refractivity contribution < 1.29 is 14.4 Å². The molecule has 1 heterocycles. The van der Waals surface area contributed by atoms with Gasteiger partial charge in [0.1, 0.15) is 5.00 Å². The Morgan fingerprint density at radius 3 is 2.39 bits per heavy atom. The van der Waals surface area contributed by atoms with Crippen molar-refractivity contribution in [3.63, 3.8) is 0 Å². The monoisotopic (exact) mass is 332 g/mol. The minimum absolute atomic E-state index is 0.239. The van der Waals surface area contributed by atoms with E-state index >= 15 is 0 Å². The zero-order valence-corrected chi connectivity index (χ0v) is 14.4. The van der Waals surface area contributed by atoms with Gasteiger partial charge in [-0.15, -0.1) is 11.3 Å². The van der Waals surface area contributed by atoms with Crippen molar-refractivity contribution in [2.24, 2.45) is 0 Å². The van der Waals surface area contributed by atoms with Crippen LogP contribution in [0.15, 0.2) is 35.7 Å². The molecule has 23 heavy (non-hydrogen) atoms. The zero-order chi connectivity index (χ0) is 17.0. The number of hydroxylamine groups is 2. The second-order valence-electron chi connectivity index (χ2n) is 5.38. The number of carbonyl (C=O) groups excluding carboxylic acids is 2. The summed E-state index contributed by atoms with van der Waals surface area (Å²) >= 11 is 1.30. The molecule has 1 aromatic heterocycles. The van der Waals surface area contributed by atoms with Gasteiger partial charge in [-0.2, -0.15) is 0 Å². The molecular formula is C17H20N2O3S. The van der Waals surface area contributed by atoms with Crippen LogP contribution in [0.4, 0.5) is 5.00 Å². The highest BCUT2D eigenvalue weighted by Crippen LogP contribution is 2.25. The van der Waals surface area contributed by atoms with E-state index in [1.807, 2.05) is 12.1 Å². The minimum Gasteiger partial charge on any atom is -0.313 e. The lowest BCUT2D eigenvalue weighted by Gasteiger charge is -2.14. The molecule has 5 nitrogen and oxygen atoms in total. The van der Waals surface area contributed by atoms with Crippen LogP contribution in [0, 0.1) is 0 Å². The quantitative estimate of drug-likeness (QED) is 0.848. The Morgan fingerprint density at radius 2 is 1.83 bits per heavy atom. The molecule has 2 aromatic rings. The first-order valence-electron chi connectivity index (χ1n) is 7.25. The number of carbonyl (C=O) groups is 2. The van der Waals surface area contributed by atoms with E-state index in [0.29, 0.717) is 22.0 Å². The molecule has 0 aliphatic rings. The maximum Gasteiger partial charge on any atom is 0.280 e. The standard InChI is InChI=1S/C17H20N2O3S/c1-11(2)12-5-7-13(8-6-12)15(20)18-16-14(9-10-23-16)17(21)19(3)22-4/h5-11H,1-4H3,(H,18,20). The van der Waals surface area contributed by atoms with Crippen molar-refractivity contribution in [2.75, 3.05) is 19.5 Å². The topological polar surface area (TPSA) is 58.6 Å². The number of thiophene rings is 1. The second kappa shape index (κ2) is 7.39. The van der Waals surface area contributed by atoms with Crippen LogP contribution in [0.25, 0.3) is 0 Å². The van der Waals surface area contributed by atoms with Gasteiger partial charge in [0.05, 0.1) is 12.7 Å². The molecule has 0 fully saturated rings. The summed E-state index contributed by atoms with van der Waals surface area (Å²) in [5.74, 6) is -0.130. The van der Waals surface area contributed by atoms with Crippen molar-refractivity contribution in [1.82, 2.24) is 5.06 Å². The van der Waals surface area contributed by atoms with Gasteiger partial charge in [0, 0.05) is 12.6 Å². The number of amides is 2. The number of hydrogen-bond acceptors (Lipinski definition) is 4. The van der Waals surface area contributed by atoms with Crippen LogP contribution in [0.3, 0.4) is 0 Å². The molecule has 0 aliphatic carbocycles. The maximum atomic E-state index is 12.3. The molecule has 6 heteroatoms. The lowest BCUT2D eigenvalue weighted by Crippen LogP contribution is -2.26. The molecule has 1 N–H and O–H groups in total. The molecule has 0 saturated heterocycles. The molecule has 0 bridgehead atoms. The summed E-state index contributed by atoms with van der Waals surface area (Å²) in [5.41, 5.74) is 2.14. The molecule has 122 valence electrons. The van der Waals surface area contributed by atoms with Gasteiger partial charge < -0.3 is 5.32 Å². The van der Waals surface area contributed by atoms with Gasteiger partial charge >= 0.3 is 0 Å². The van der Waals surface area contributed by atoms with Gasteiger partial charge in [0.2, 0.25) is 0 Å². The SMILES string of the molecule is CON(C)C(=O)c1ccsc1NC(=O)c1ccc(C(C)C)cc1. The highest BCUT2D eigenvalue weighted by atomic mass is 32.1.